The van der Waals surface area contributed by atoms with Crippen LogP contribution in [0.2, 0.25) is 0 Å². The van der Waals surface area contributed by atoms with Crippen LogP contribution in [0.1, 0.15) is 48.1 Å². The monoisotopic (exact) mass is 400 g/mol. The van der Waals surface area contributed by atoms with Crippen molar-refractivity contribution in [3.63, 3.8) is 0 Å². The zero-order valence-corrected chi connectivity index (χ0v) is 17.1. The molecule has 4 aromatic rings. The van der Waals surface area contributed by atoms with E-state index in [4.69, 9.17) is 5.73 Å². The number of halogens is 1. The van der Waals surface area contributed by atoms with E-state index in [1.54, 1.807) is 24.7 Å². The summed E-state index contributed by atoms with van der Waals surface area (Å²) in [6.07, 6.45) is 7.15. The maximum Gasteiger partial charge on any atom is 0.123 e. The van der Waals surface area contributed by atoms with Crippen molar-refractivity contribution in [3.8, 4) is 0 Å². The summed E-state index contributed by atoms with van der Waals surface area (Å²) in [4.78, 5) is 13.2. The van der Waals surface area contributed by atoms with Crippen LogP contribution in [-0.2, 0) is 0 Å². The lowest BCUT2D eigenvalue weighted by atomic mass is 9.76. The number of hydrogen-bond donors (Lipinski definition) is 1. The highest BCUT2D eigenvalue weighted by Crippen LogP contribution is 2.41. The van der Waals surface area contributed by atoms with Gasteiger partial charge in [0.2, 0.25) is 0 Å². The van der Waals surface area contributed by atoms with Crippen LogP contribution in [-0.4, -0.2) is 15.0 Å². The molecule has 4 nitrogen and oxygen atoms in total. The van der Waals surface area contributed by atoms with Crippen molar-refractivity contribution in [3.05, 3.63) is 120 Å². The molecule has 3 aromatic heterocycles. The Bertz CT molecular complexity index is 933. The zero-order valence-electron chi connectivity index (χ0n) is 17.1. The normalized spacial score (nSPS) is 12.4. The van der Waals surface area contributed by atoms with Crippen LogP contribution in [0, 0.1) is 5.82 Å². The van der Waals surface area contributed by atoms with Crippen LogP contribution in [0.3, 0.4) is 0 Å². The first-order valence-electron chi connectivity index (χ1n) is 10.00. The minimum atomic E-state index is -0.268. The predicted molar refractivity (Wildman–Crippen MR) is 119 cm³/mol. The number of nitrogen functional groups attached to an aromatic ring is 1. The Balaban J connectivity index is 0.00000124. The first kappa shape index (κ1) is 21.1. The third-order valence-electron chi connectivity index (χ3n) is 4.78. The summed E-state index contributed by atoms with van der Waals surface area (Å²) < 4.78 is 13.6. The van der Waals surface area contributed by atoms with Gasteiger partial charge in [-0.05, 0) is 53.1 Å². The lowest BCUT2D eigenvalue weighted by Crippen LogP contribution is -2.16. The van der Waals surface area contributed by atoms with Crippen molar-refractivity contribution in [2.75, 3.05) is 5.73 Å². The van der Waals surface area contributed by atoms with Crippen LogP contribution >= 0.6 is 0 Å². The van der Waals surface area contributed by atoms with Gasteiger partial charge in [0.25, 0.3) is 0 Å². The van der Waals surface area contributed by atoms with Crippen molar-refractivity contribution in [2.45, 2.75) is 25.7 Å². The predicted octanol–water partition coefficient (Wildman–Crippen LogP) is 5.58. The smallest absolute Gasteiger partial charge is 0.123 e. The third-order valence-corrected chi connectivity index (χ3v) is 4.78. The van der Waals surface area contributed by atoms with E-state index in [2.05, 4.69) is 15.0 Å². The lowest BCUT2D eigenvalue weighted by Gasteiger charge is -2.28. The maximum absolute atomic E-state index is 13.6. The van der Waals surface area contributed by atoms with Crippen LogP contribution in [0.4, 0.5) is 10.2 Å². The average molecular weight is 401 g/mol. The lowest BCUT2D eigenvalue weighted by molar-refractivity contribution is 0.622. The fourth-order valence-corrected chi connectivity index (χ4v) is 3.50. The van der Waals surface area contributed by atoms with Gasteiger partial charge < -0.3 is 5.73 Å². The van der Waals surface area contributed by atoms with E-state index >= 15 is 0 Å². The Labute approximate surface area is 176 Å². The van der Waals surface area contributed by atoms with Crippen LogP contribution in [0.25, 0.3) is 0 Å². The summed E-state index contributed by atoms with van der Waals surface area (Å²) in [7, 11) is 0. The Morgan fingerprint density at radius 2 is 1.43 bits per heavy atom. The number of nitrogens with zero attached hydrogens (tertiary/aromatic N) is 3. The van der Waals surface area contributed by atoms with Gasteiger partial charge in [0.15, 0.2) is 0 Å². The molecule has 5 heteroatoms. The Morgan fingerprint density at radius 3 is 2.03 bits per heavy atom. The van der Waals surface area contributed by atoms with E-state index in [9.17, 15) is 4.39 Å². The second-order valence-electron chi connectivity index (χ2n) is 6.56. The molecule has 152 valence electrons. The van der Waals surface area contributed by atoms with Crippen molar-refractivity contribution in [1.82, 2.24) is 15.0 Å². The van der Waals surface area contributed by atoms with E-state index in [1.165, 1.54) is 12.1 Å². The van der Waals surface area contributed by atoms with Gasteiger partial charge in [0.1, 0.15) is 11.6 Å². The molecule has 0 amide bonds. The summed E-state index contributed by atoms with van der Waals surface area (Å²) >= 11 is 0. The molecule has 0 saturated heterocycles. The highest BCUT2D eigenvalue weighted by Gasteiger charge is 2.29. The summed E-state index contributed by atoms with van der Waals surface area (Å²) in [5.74, 6) is -0.0564. The number of nitrogens with two attached hydrogens (primary N) is 1. The molecule has 30 heavy (non-hydrogen) atoms. The fraction of sp³-hybridized carbons (Fsp3) is 0.160. The molecular formula is C25H25FN4. The molecule has 0 aliphatic heterocycles. The molecule has 0 aliphatic carbocycles. The van der Waals surface area contributed by atoms with Gasteiger partial charge in [-0.3, -0.25) is 9.97 Å². The van der Waals surface area contributed by atoms with E-state index in [1.807, 2.05) is 68.6 Å². The number of anilines is 1. The molecule has 2 N–H and O–H groups in total. The number of hydrogen-bond acceptors (Lipinski definition) is 4. The Kier molecular flexibility index (Phi) is 7.22. The van der Waals surface area contributed by atoms with Gasteiger partial charge >= 0.3 is 0 Å². The molecule has 4 rings (SSSR count). The Morgan fingerprint density at radius 1 is 0.700 bits per heavy atom. The number of aromatic nitrogens is 3. The maximum atomic E-state index is 13.6. The highest BCUT2D eigenvalue weighted by atomic mass is 19.1. The van der Waals surface area contributed by atoms with E-state index in [0.717, 1.165) is 22.4 Å². The second-order valence-corrected chi connectivity index (χ2v) is 6.56. The summed E-state index contributed by atoms with van der Waals surface area (Å²) in [6.45, 7) is 4.00. The third kappa shape index (κ3) is 4.87. The van der Waals surface area contributed by atoms with Gasteiger partial charge in [-0.2, -0.15) is 0 Å². The molecule has 0 aliphatic rings. The van der Waals surface area contributed by atoms with Gasteiger partial charge in [-0.15, -0.1) is 0 Å². The van der Waals surface area contributed by atoms with Crippen molar-refractivity contribution >= 4 is 5.82 Å². The summed E-state index contributed by atoms with van der Waals surface area (Å²) in [5, 5.41) is 0. The van der Waals surface area contributed by atoms with Crippen LogP contribution in [0.15, 0.2) is 91.5 Å². The highest BCUT2D eigenvalue weighted by molar-refractivity contribution is 5.43. The largest absolute Gasteiger partial charge is 0.384 e. The molecule has 0 bridgehead atoms. The molecule has 2 atom stereocenters. The molecule has 0 fully saturated rings. The molecule has 3 heterocycles. The SMILES string of the molecule is CC.Nc1ccc(C(c2cccnc2)C(c2ccc(F)cc2)c2ccccn2)cn1. The zero-order chi connectivity index (χ0) is 21.3. The van der Waals surface area contributed by atoms with Crippen LogP contribution < -0.4 is 5.73 Å². The topological polar surface area (TPSA) is 64.7 Å². The van der Waals surface area contributed by atoms with Gasteiger partial charge in [0.05, 0.1) is 0 Å². The summed E-state index contributed by atoms with van der Waals surface area (Å²) in [6, 6.07) is 20.1. The Hall–Kier alpha value is -3.60. The first-order valence-corrected chi connectivity index (χ1v) is 10.00. The van der Waals surface area contributed by atoms with Gasteiger partial charge in [-0.25, -0.2) is 9.37 Å². The minimum Gasteiger partial charge on any atom is -0.384 e. The van der Waals surface area contributed by atoms with Crippen molar-refractivity contribution < 1.29 is 4.39 Å². The van der Waals surface area contributed by atoms with Crippen LogP contribution in [0.5, 0.6) is 0 Å². The number of benzene rings is 1. The molecule has 0 saturated carbocycles. The van der Waals surface area contributed by atoms with Gasteiger partial charge in [0, 0.05) is 42.3 Å². The van der Waals surface area contributed by atoms with E-state index in [-0.39, 0.29) is 17.7 Å². The second kappa shape index (κ2) is 10.3. The fourth-order valence-electron chi connectivity index (χ4n) is 3.50. The first-order chi connectivity index (χ1) is 14.7. The van der Waals surface area contributed by atoms with Crippen molar-refractivity contribution in [2.24, 2.45) is 0 Å². The number of pyridine rings is 3. The summed E-state index contributed by atoms with van der Waals surface area (Å²) in [5.41, 5.74) is 9.67. The number of rotatable bonds is 5. The quantitative estimate of drug-likeness (QED) is 0.475. The van der Waals surface area contributed by atoms with E-state index < -0.39 is 0 Å². The molecule has 2 unspecified atom stereocenters. The van der Waals surface area contributed by atoms with Gasteiger partial charge in [-0.1, -0.05) is 44.2 Å². The standard InChI is InChI=1S/C23H19FN4.C2H6/c24-19-9-6-16(7-10-19)23(20-5-1-2-13-27-20)22(17-4-3-12-26-14-17)18-8-11-21(25)28-15-18;1-2/h1-15,22-23H,(H2,25,28);1-2H3. The molecule has 0 radical (unpaired) electrons. The molecule has 1 aromatic carbocycles. The average Bonchev–Trinajstić information content (AvgIpc) is 2.81. The minimum absolute atomic E-state index is 0.109. The van der Waals surface area contributed by atoms with E-state index in [0.29, 0.717) is 5.82 Å². The van der Waals surface area contributed by atoms with Crippen molar-refractivity contribution in [1.29, 1.82) is 0 Å². The molecular weight excluding hydrogens is 375 g/mol. The molecule has 0 spiro atoms.